The van der Waals surface area contributed by atoms with E-state index in [1.54, 1.807) is 0 Å². The van der Waals surface area contributed by atoms with Crippen molar-refractivity contribution in [1.82, 2.24) is 4.57 Å². The highest BCUT2D eigenvalue weighted by Gasteiger charge is 2.33. The third kappa shape index (κ3) is 2.43. The van der Waals surface area contributed by atoms with E-state index in [0.29, 0.717) is 5.52 Å². The van der Waals surface area contributed by atoms with Crippen LogP contribution in [0.3, 0.4) is 0 Å². The van der Waals surface area contributed by atoms with Gasteiger partial charge in [-0.05, 0) is 36.8 Å². The van der Waals surface area contributed by atoms with Crippen LogP contribution in [0.2, 0.25) is 0 Å². The number of benzene rings is 2. The standard InChI is InChI=1S/C17H15FN2O5S/c1-19-14-5-3-11(9-16(14)25-17(19)22)26(23,24)20-7-6-15(21)12-8-10(18)2-4-13(12)20/h2-5,8-9,15,21H,6-7H2,1H3. The van der Waals surface area contributed by atoms with E-state index in [0.717, 1.165) is 16.4 Å². The summed E-state index contributed by atoms with van der Waals surface area (Å²) in [6.07, 6.45) is -0.778. The summed E-state index contributed by atoms with van der Waals surface area (Å²) in [5.41, 5.74) is 1.10. The molecule has 3 aromatic rings. The molecule has 1 atom stereocenters. The molecule has 136 valence electrons. The van der Waals surface area contributed by atoms with Crippen molar-refractivity contribution >= 4 is 26.8 Å². The minimum absolute atomic E-state index is 0.0500. The van der Waals surface area contributed by atoms with Gasteiger partial charge in [0.25, 0.3) is 10.0 Å². The molecule has 9 heteroatoms. The monoisotopic (exact) mass is 378 g/mol. The van der Waals surface area contributed by atoms with Crippen molar-refractivity contribution in [2.75, 3.05) is 10.8 Å². The second kappa shape index (κ2) is 5.68. The van der Waals surface area contributed by atoms with Gasteiger partial charge in [-0.2, -0.15) is 0 Å². The molecule has 0 bridgehead atoms. The van der Waals surface area contributed by atoms with E-state index in [9.17, 15) is 22.7 Å². The summed E-state index contributed by atoms with van der Waals surface area (Å²) in [6, 6.07) is 7.81. The number of halogens is 1. The van der Waals surface area contributed by atoms with E-state index in [1.807, 2.05) is 0 Å². The van der Waals surface area contributed by atoms with E-state index in [4.69, 9.17) is 4.42 Å². The van der Waals surface area contributed by atoms with Gasteiger partial charge < -0.3 is 9.52 Å². The minimum atomic E-state index is -3.98. The van der Waals surface area contributed by atoms with Crippen LogP contribution < -0.4 is 10.1 Å². The molecule has 26 heavy (non-hydrogen) atoms. The van der Waals surface area contributed by atoms with Gasteiger partial charge in [0.1, 0.15) is 5.82 Å². The second-order valence-corrected chi connectivity index (χ2v) is 8.00. The van der Waals surface area contributed by atoms with Crippen LogP contribution in [0.25, 0.3) is 11.1 Å². The van der Waals surface area contributed by atoms with E-state index in [-0.39, 0.29) is 34.7 Å². The Bertz CT molecular complexity index is 1180. The van der Waals surface area contributed by atoms with Gasteiger partial charge in [0.05, 0.1) is 22.2 Å². The number of aliphatic hydroxyl groups is 1. The molecule has 2 aromatic carbocycles. The Balaban J connectivity index is 1.85. The number of oxazole rings is 1. The van der Waals surface area contributed by atoms with Crippen LogP contribution in [0, 0.1) is 5.82 Å². The van der Waals surface area contributed by atoms with Crippen LogP contribution >= 0.6 is 0 Å². The Labute approximate surface area is 147 Å². The lowest BCUT2D eigenvalue weighted by Crippen LogP contribution is -2.36. The molecule has 0 fully saturated rings. The maximum Gasteiger partial charge on any atom is 0.419 e. The SMILES string of the molecule is Cn1c(=O)oc2cc(S(=O)(=O)N3CCC(O)c4cc(F)ccc43)ccc21. The Morgan fingerprint density at radius 3 is 2.77 bits per heavy atom. The van der Waals surface area contributed by atoms with Crippen molar-refractivity contribution in [2.24, 2.45) is 7.05 Å². The highest BCUT2D eigenvalue weighted by molar-refractivity contribution is 7.92. The van der Waals surface area contributed by atoms with Crippen molar-refractivity contribution in [3.63, 3.8) is 0 Å². The molecule has 0 aliphatic carbocycles. The van der Waals surface area contributed by atoms with Crippen molar-refractivity contribution in [2.45, 2.75) is 17.4 Å². The van der Waals surface area contributed by atoms with Crippen molar-refractivity contribution in [3.05, 3.63) is 58.3 Å². The molecule has 1 unspecified atom stereocenters. The van der Waals surface area contributed by atoms with E-state index in [2.05, 4.69) is 0 Å². The molecule has 4 rings (SSSR count). The van der Waals surface area contributed by atoms with Crippen molar-refractivity contribution in [1.29, 1.82) is 0 Å². The average molecular weight is 378 g/mol. The number of aromatic nitrogens is 1. The fourth-order valence-electron chi connectivity index (χ4n) is 3.19. The summed E-state index contributed by atoms with van der Waals surface area (Å²) < 4.78 is 47.2. The largest absolute Gasteiger partial charge is 0.419 e. The molecule has 0 radical (unpaired) electrons. The first-order chi connectivity index (χ1) is 12.3. The van der Waals surface area contributed by atoms with Gasteiger partial charge in [0.2, 0.25) is 0 Å². The molecule has 1 N–H and O–H groups in total. The van der Waals surface area contributed by atoms with Gasteiger partial charge >= 0.3 is 5.76 Å². The van der Waals surface area contributed by atoms with Gasteiger partial charge in [-0.3, -0.25) is 8.87 Å². The molecular formula is C17H15FN2O5S. The first-order valence-corrected chi connectivity index (χ1v) is 9.33. The summed E-state index contributed by atoms with van der Waals surface area (Å²) in [4.78, 5) is 11.6. The average Bonchev–Trinajstić information content (AvgIpc) is 2.89. The molecule has 1 aliphatic rings. The van der Waals surface area contributed by atoms with Crippen molar-refractivity contribution < 1.29 is 22.3 Å². The highest BCUT2D eigenvalue weighted by atomic mass is 32.2. The molecule has 1 aliphatic heterocycles. The lowest BCUT2D eigenvalue weighted by molar-refractivity contribution is 0.166. The molecule has 0 saturated heterocycles. The Morgan fingerprint density at radius 2 is 2.00 bits per heavy atom. The first-order valence-electron chi connectivity index (χ1n) is 7.89. The van der Waals surface area contributed by atoms with Gasteiger partial charge in [-0.1, -0.05) is 0 Å². The van der Waals surface area contributed by atoms with E-state index in [1.165, 1.54) is 35.9 Å². The zero-order chi connectivity index (χ0) is 18.6. The summed E-state index contributed by atoms with van der Waals surface area (Å²) in [7, 11) is -2.45. The van der Waals surface area contributed by atoms with E-state index >= 15 is 0 Å². The number of fused-ring (bicyclic) bond motifs is 2. The zero-order valence-electron chi connectivity index (χ0n) is 13.7. The summed E-state index contributed by atoms with van der Waals surface area (Å²) >= 11 is 0. The van der Waals surface area contributed by atoms with Gasteiger partial charge in [-0.25, -0.2) is 17.6 Å². The van der Waals surface area contributed by atoms with Crippen LogP contribution in [0.1, 0.15) is 18.1 Å². The smallest absolute Gasteiger partial charge is 0.408 e. The topological polar surface area (TPSA) is 92.8 Å². The van der Waals surface area contributed by atoms with Crippen LogP contribution in [0.15, 0.2) is 50.5 Å². The normalized spacial score (nSPS) is 17.5. The van der Waals surface area contributed by atoms with Crippen LogP contribution in [0.4, 0.5) is 10.1 Å². The fourth-order valence-corrected chi connectivity index (χ4v) is 4.71. The number of hydrogen-bond donors (Lipinski definition) is 1. The lowest BCUT2D eigenvalue weighted by Gasteiger charge is -2.33. The Morgan fingerprint density at radius 1 is 1.23 bits per heavy atom. The van der Waals surface area contributed by atoms with Crippen LogP contribution in [0.5, 0.6) is 0 Å². The van der Waals surface area contributed by atoms with Gasteiger partial charge in [-0.15, -0.1) is 0 Å². The predicted molar refractivity (Wildman–Crippen MR) is 92.0 cm³/mol. The maximum atomic E-state index is 13.5. The Hall–Kier alpha value is -2.65. The number of nitrogens with zero attached hydrogens (tertiary/aromatic N) is 2. The fraction of sp³-hybridized carbons (Fsp3) is 0.235. The molecule has 7 nitrogen and oxygen atoms in total. The number of aryl methyl sites for hydroxylation is 1. The highest BCUT2D eigenvalue weighted by Crippen LogP contribution is 2.37. The molecule has 1 aromatic heterocycles. The minimum Gasteiger partial charge on any atom is -0.408 e. The van der Waals surface area contributed by atoms with Gasteiger partial charge in [0, 0.05) is 25.2 Å². The Kier molecular flexibility index (Phi) is 3.67. The summed E-state index contributed by atoms with van der Waals surface area (Å²) in [6.45, 7) is 0.0545. The zero-order valence-corrected chi connectivity index (χ0v) is 14.5. The number of hydrogen-bond acceptors (Lipinski definition) is 5. The second-order valence-electron chi connectivity index (χ2n) is 6.14. The molecule has 0 amide bonds. The third-order valence-corrected chi connectivity index (χ3v) is 6.38. The maximum absolute atomic E-state index is 13.5. The molecule has 0 spiro atoms. The first kappa shape index (κ1) is 16.8. The molecular weight excluding hydrogens is 363 g/mol. The quantitative estimate of drug-likeness (QED) is 0.735. The summed E-state index contributed by atoms with van der Waals surface area (Å²) in [5, 5.41) is 10.1. The lowest BCUT2D eigenvalue weighted by atomic mass is 10.0. The van der Waals surface area contributed by atoms with Crippen LogP contribution in [-0.4, -0.2) is 24.6 Å². The molecule has 0 saturated carbocycles. The summed E-state index contributed by atoms with van der Waals surface area (Å²) in [5.74, 6) is -1.13. The third-order valence-electron chi connectivity index (χ3n) is 4.57. The van der Waals surface area contributed by atoms with Crippen LogP contribution in [-0.2, 0) is 17.1 Å². The number of sulfonamides is 1. The number of aliphatic hydroxyl groups excluding tert-OH is 1. The number of anilines is 1. The van der Waals surface area contributed by atoms with E-state index < -0.39 is 27.7 Å². The predicted octanol–water partition coefficient (Wildman–Crippen LogP) is 1.90. The van der Waals surface area contributed by atoms with Crippen molar-refractivity contribution in [3.8, 4) is 0 Å². The number of rotatable bonds is 2. The molecule has 2 heterocycles. The van der Waals surface area contributed by atoms with Gasteiger partial charge in [0.15, 0.2) is 5.58 Å².